The van der Waals surface area contributed by atoms with Crippen LogP contribution in [0, 0.1) is 0 Å². The molecule has 2 saturated heterocycles. The standard InChI is InChI=1S/C20H37N5OS/c1-3-18(26)24-10-7-17(15-24)23-19(21-2)22-16-20(8-5-4-6-9-20)25-11-13-27-14-12-25/h17H,3-16H2,1-2H3,(H2,21,22,23). The van der Waals surface area contributed by atoms with Gasteiger partial charge in [-0.15, -0.1) is 0 Å². The number of guanidine groups is 1. The van der Waals surface area contributed by atoms with Crippen molar-refractivity contribution in [2.45, 2.75) is 63.5 Å². The maximum absolute atomic E-state index is 11.9. The summed E-state index contributed by atoms with van der Waals surface area (Å²) in [5, 5.41) is 7.21. The molecule has 0 aromatic rings. The molecule has 1 amide bonds. The van der Waals surface area contributed by atoms with E-state index in [1.807, 2.05) is 18.9 Å². The van der Waals surface area contributed by atoms with Gasteiger partial charge in [-0.1, -0.05) is 26.2 Å². The van der Waals surface area contributed by atoms with Crippen molar-refractivity contribution in [1.29, 1.82) is 0 Å². The Balaban J connectivity index is 1.54. The average molecular weight is 396 g/mol. The second kappa shape index (κ2) is 10.0. The minimum Gasteiger partial charge on any atom is -0.355 e. The van der Waals surface area contributed by atoms with Gasteiger partial charge in [-0.25, -0.2) is 0 Å². The summed E-state index contributed by atoms with van der Waals surface area (Å²) in [6.07, 6.45) is 8.24. The van der Waals surface area contributed by atoms with E-state index in [1.54, 1.807) is 0 Å². The number of thioether (sulfide) groups is 1. The zero-order valence-corrected chi connectivity index (χ0v) is 18.0. The van der Waals surface area contributed by atoms with Gasteiger partial charge in [-0.3, -0.25) is 14.7 Å². The number of hydrogen-bond donors (Lipinski definition) is 2. The van der Waals surface area contributed by atoms with Crippen molar-refractivity contribution in [2.24, 2.45) is 4.99 Å². The first-order valence-corrected chi connectivity index (χ1v) is 11.9. The van der Waals surface area contributed by atoms with E-state index in [-0.39, 0.29) is 11.4 Å². The van der Waals surface area contributed by atoms with Gasteiger partial charge in [-0.05, 0) is 19.3 Å². The predicted octanol–water partition coefficient (Wildman–Crippen LogP) is 1.91. The number of carbonyl (C=O) groups excluding carboxylic acids is 1. The number of amides is 1. The molecule has 2 heterocycles. The van der Waals surface area contributed by atoms with Crippen LogP contribution in [0.15, 0.2) is 4.99 Å². The fourth-order valence-corrected chi connectivity index (χ4v) is 5.72. The third kappa shape index (κ3) is 5.31. The monoisotopic (exact) mass is 395 g/mol. The highest BCUT2D eigenvalue weighted by Crippen LogP contribution is 2.34. The summed E-state index contributed by atoms with van der Waals surface area (Å²) in [6, 6.07) is 0.306. The smallest absolute Gasteiger partial charge is 0.222 e. The molecular weight excluding hydrogens is 358 g/mol. The Bertz CT molecular complexity index is 515. The molecule has 1 unspecified atom stereocenters. The lowest BCUT2D eigenvalue weighted by molar-refractivity contribution is -0.129. The number of likely N-dealkylation sites (tertiary alicyclic amines) is 1. The molecule has 0 aromatic carbocycles. The number of carbonyl (C=O) groups is 1. The van der Waals surface area contributed by atoms with Gasteiger partial charge in [0.05, 0.1) is 0 Å². The highest BCUT2D eigenvalue weighted by molar-refractivity contribution is 7.99. The molecule has 0 spiro atoms. The van der Waals surface area contributed by atoms with Crippen molar-refractivity contribution in [3.05, 3.63) is 0 Å². The van der Waals surface area contributed by atoms with Gasteiger partial charge in [0.25, 0.3) is 0 Å². The number of hydrogen-bond acceptors (Lipinski definition) is 4. The van der Waals surface area contributed by atoms with E-state index in [9.17, 15) is 4.79 Å². The van der Waals surface area contributed by atoms with Crippen LogP contribution in [0.25, 0.3) is 0 Å². The molecule has 3 fully saturated rings. The third-order valence-electron chi connectivity index (χ3n) is 6.46. The fraction of sp³-hybridized carbons (Fsp3) is 0.900. The molecule has 1 atom stereocenters. The SMILES string of the molecule is CCC(=O)N1CCC(NC(=NC)NCC2(N3CCSCC3)CCCCC2)C1. The lowest BCUT2D eigenvalue weighted by Crippen LogP contribution is -2.60. The van der Waals surface area contributed by atoms with Gasteiger partial charge in [0, 0.05) is 69.3 Å². The maximum Gasteiger partial charge on any atom is 0.222 e. The Morgan fingerprint density at radius 2 is 1.93 bits per heavy atom. The van der Waals surface area contributed by atoms with Crippen LogP contribution in [0.5, 0.6) is 0 Å². The van der Waals surface area contributed by atoms with Gasteiger partial charge >= 0.3 is 0 Å². The van der Waals surface area contributed by atoms with E-state index < -0.39 is 0 Å². The second-order valence-electron chi connectivity index (χ2n) is 8.13. The molecule has 3 rings (SSSR count). The third-order valence-corrected chi connectivity index (χ3v) is 7.40. The Kier molecular flexibility index (Phi) is 7.70. The Morgan fingerprint density at radius 3 is 2.59 bits per heavy atom. The van der Waals surface area contributed by atoms with Crippen LogP contribution >= 0.6 is 11.8 Å². The molecule has 0 radical (unpaired) electrons. The van der Waals surface area contributed by atoms with E-state index in [4.69, 9.17) is 0 Å². The summed E-state index contributed by atoms with van der Waals surface area (Å²) in [5.41, 5.74) is 0.288. The summed E-state index contributed by atoms with van der Waals surface area (Å²) in [6.45, 7) is 7.00. The highest BCUT2D eigenvalue weighted by Gasteiger charge is 2.38. The second-order valence-corrected chi connectivity index (χ2v) is 9.36. The van der Waals surface area contributed by atoms with Crippen molar-refractivity contribution in [2.75, 3.05) is 51.3 Å². The molecule has 7 heteroatoms. The maximum atomic E-state index is 11.9. The van der Waals surface area contributed by atoms with E-state index in [2.05, 4.69) is 32.3 Å². The van der Waals surface area contributed by atoms with Gasteiger partial charge in [0.2, 0.25) is 5.91 Å². The molecule has 3 aliphatic rings. The van der Waals surface area contributed by atoms with Crippen molar-refractivity contribution in [1.82, 2.24) is 20.4 Å². The van der Waals surface area contributed by atoms with Crippen molar-refractivity contribution in [3.8, 4) is 0 Å². The minimum atomic E-state index is 0.256. The van der Waals surface area contributed by atoms with Gasteiger partial charge in [0.1, 0.15) is 0 Å². The quantitative estimate of drug-likeness (QED) is 0.550. The van der Waals surface area contributed by atoms with Gasteiger partial charge < -0.3 is 15.5 Å². The number of nitrogens with zero attached hydrogens (tertiary/aromatic N) is 3. The molecule has 154 valence electrons. The Hall–Kier alpha value is -0.950. The molecule has 2 N–H and O–H groups in total. The zero-order chi connectivity index (χ0) is 19.1. The average Bonchev–Trinajstić information content (AvgIpc) is 3.20. The van der Waals surface area contributed by atoms with Crippen molar-refractivity contribution < 1.29 is 4.79 Å². The molecule has 0 aromatic heterocycles. The minimum absolute atomic E-state index is 0.256. The number of rotatable bonds is 5. The summed E-state index contributed by atoms with van der Waals surface area (Å²) >= 11 is 2.09. The predicted molar refractivity (Wildman–Crippen MR) is 114 cm³/mol. The molecule has 1 saturated carbocycles. The molecule has 27 heavy (non-hydrogen) atoms. The van der Waals surface area contributed by atoms with Crippen LogP contribution in [0.3, 0.4) is 0 Å². The Labute approximate surface area is 168 Å². The molecule has 1 aliphatic carbocycles. The van der Waals surface area contributed by atoms with Gasteiger partial charge in [0.15, 0.2) is 5.96 Å². The van der Waals surface area contributed by atoms with Crippen LogP contribution in [0.4, 0.5) is 0 Å². The Morgan fingerprint density at radius 1 is 1.19 bits per heavy atom. The van der Waals surface area contributed by atoms with E-state index in [0.717, 1.165) is 32.0 Å². The highest BCUT2D eigenvalue weighted by atomic mass is 32.2. The first kappa shape index (κ1) is 20.8. The molecule has 2 aliphatic heterocycles. The van der Waals surface area contributed by atoms with E-state index in [1.165, 1.54) is 56.7 Å². The largest absolute Gasteiger partial charge is 0.355 e. The first-order valence-electron chi connectivity index (χ1n) is 10.7. The summed E-state index contributed by atoms with van der Waals surface area (Å²) in [7, 11) is 1.85. The summed E-state index contributed by atoms with van der Waals surface area (Å²) < 4.78 is 0. The van der Waals surface area contributed by atoms with Crippen LogP contribution in [0.2, 0.25) is 0 Å². The normalized spacial score (nSPS) is 26.8. The first-order chi connectivity index (χ1) is 13.2. The fourth-order valence-electron chi connectivity index (χ4n) is 4.82. The lowest BCUT2D eigenvalue weighted by atomic mass is 9.80. The van der Waals surface area contributed by atoms with Crippen LogP contribution < -0.4 is 10.6 Å². The van der Waals surface area contributed by atoms with E-state index >= 15 is 0 Å². The molecule has 0 bridgehead atoms. The molecular formula is C20H37N5OS. The number of aliphatic imine (C=N–C) groups is 1. The van der Waals surface area contributed by atoms with Crippen molar-refractivity contribution in [3.63, 3.8) is 0 Å². The topological polar surface area (TPSA) is 60.0 Å². The van der Waals surface area contributed by atoms with E-state index in [0.29, 0.717) is 12.5 Å². The molecule has 6 nitrogen and oxygen atoms in total. The van der Waals surface area contributed by atoms with Crippen LogP contribution in [0.1, 0.15) is 51.9 Å². The van der Waals surface area contributed by atoms with Crippen molar-refractivity contribution >= 4 is 23.6 Å². The van der Waals surface area contributed by atoms with Crippen LogP contribution in [-0.2, 0) is 4.79 Å². The van der Waals surface area contributed by atoms with Crippen LogP contribution in [-0.4, -0.2) is 84.5 Å². The lowest BCUT2D eigenvalue weighted by Gasteiger charge is -2.48. The van der Waals surface area contributed by atoms with Gasteiger partial charge in [-0.2, -0.15) is 11.8 Å². The zero-order valence-electron chi connectivity index (χ0n) is 17.1. The number of nitrogens with one attached hydrogen (secondary N) is 2. The summed E-state index contributed by atoms with van der Waals surface area (Å²) in [5.74, 6) is 3.67. The summed E-state index contributed by atoms with van der Waals surface area (Å²) in [4.78, 5) is 21.1.